The summed E-state index contributed by atoms with van der Waals surface area (Å²) in [6.07, 6.45) is 3.58. The molecule has 0 fully saturated rings. The van der Waals surface area contributed by atoms with E-state index in [9.17, 15) is 0 Å². The van der Waals surface area contributed by atoms with Gasteiger partial charge in [0, 0.05) is 12.1 Å². The van der Waals surface area contributed by atoms with Gasteiger partial charge in [-0.1, -0.05) is 6.92 Å². The molecular weight excluding hydrogens is 288 g/mol. The number of nitrogens with one attached hydrogen (secondary N) is 1. The van der Waals surface area contributed by atoms with Crippen molar-refractivity contribution in [1.82, 2.24) is 10.3 Å². The Morgan fingerprint density at radius 3 is 2.81 bits per heavy atom. The van der Waals surface area contributed by atoms with Crippen LogP contribution in [0.15, 0.2) is 9.98 Å². The van der Waals surface area contributed by atoms with Crippen LogP contribution in [0, 0.1) is 0 Å². The molecule has 0 aromatic carbocycles. The third-order valence-electron chi connectivity index (χ3n) is 2.87. The van der Waals surface area contributed by atoms with E-state index in [1.165, 1.54) is 0 Å². The first-order valence-electron chi connectivity index (χ1n) is 5.50. The van der Waals surface area contributed by atoms with Gasteiger partial charge in [0.25, 0.3) is 0 Å². The molecule has 2 atom stereocenters. The van der Waals surface area contributed by atoms with E-state index in [1.54, 1.807) is 11.3 Å². The lowest BCUT2D eigenvalue weighted by molar-refractivity contribution is 0.205. The minimum Gasteiger partial charge on any atom is -0.396 e. The molecule has 0 spiro atoms. The zero-order valence-electron chi connectivity index (χ0n) is 9.96. The molecule has 5 heteroatoms. The Hall–Kier alpha value is 0.0300. The van der Waals surface area contributed by atoms with Crippen LogP contribution in [-0.2, 0) is 0 Å². The number of aromatic nitrogens is 1. The standard InChI is InChI=1S/C11H19BrN2OS/c1-4-11(3,5-6-15)14-8(2)10-13-7-9(12)16-10/h7-8,14-15H,4-6H2,1-3H3. The Morgan fingerprint density at radius 1 is 1.69 bits per heavy atom. The second-order valence-electron chi connectivity index (χ2n) is 4.26. The predicted octanol–water partition coefficient (Wildman–Crippen LogP) is 3.11. The Morgan fingerprint density at radius 2 is 2.38 bits per heavy atom. The lowest BCUT2D eigenvalue weighted by atomic mass is 9.94. The lowest BCUT2D eigenvalue weighted by Gasteiger charge is -2.32. The molecule has 1 aromatic rings. The van der Waals surface area contributed by atoms with Gasteiger partial charge in [-0.15, -0.1) is 11.3 Å². The summed E-state index contributed by atoms with van der Waals surface area (Å²) in [5.74, 6) is 0. The van der Waals surface area contributed by atoms with Gasteiger partial charge in [-0.25, -0.2) is 4.98 Å². The van der Waals surface area contributed by atoms with E-state index in [0.717, 1.165) is 21.6 Å². The highest BCUT2D eigenvalue weighted by Gasteiger charge is 2.24. The van der Waals surface area contributed by atoms with Gasteiger partial charge in [-0.3, -0.25) is 0 Å². The van der Waals surface area contributed by atoms with Gasteiger partial charge >= 0.3 is 0 Å². The summed E-state index contributed by atoms with van der Waals surface area (Å²) in [7, 11) is 0. The van der Waals surface area contributed by atoms with Crippen LogP contribution in [0.2, 0.25) is 0 Å². The molecule has 1 rings (SSSR count). The molecule has 0 amide bonds. The molecule has 0 aliphatic heterocycles. The quantitative estimate of drug-likeness (QED) is 0.849. The van der Waals surface area contributed by atoms with Crippen molar-refractivity contribution in [2.24, 2.45) is 0 Å². The van der Waals surface area contributed by atoms with E-state index in [1.807, 2.05) is 6.20 Å². The number of aliphatic hydroxyl groups is 1. The number of rotatable bonds is 6. The minimum atomic E-state index is -0.0215. The maximum absolute atomic E-state index is 9.06. The number of halogens is 1. The van der Waals surface area contributed by atoms with Crippen molar-refractivity contribution < 1.29 is 5.11 Å². The van der Waals surface area contributed by atoms with Crippen molar-refractivity contribution in [3.05, 3.63) is 15.0 Å². The van der Waals surface area contributed by atoms with E-state index in [0.29, 0.717) is 0 Å². The largest absolute Gasteiger partial charge is 0.396 e. The molecule has 3 nitrogen and oxygen atoms in total. The minimum absolute atomic E-state index is 0.0215. The first-order chi connectivity index (χ1) is 7.50. The molecule has 0 saturated heterocycles. The van der Waals surface area contributed by atoms with E-state index >= 15 is 0 Å². The maximum Gasteiger partial charge on any atom is 0.110 e. The Bertz CT molecular complexity index is 332. The summed E-state index contributed by atoms with van der Waals surface area (Å²) in [4.78, 5) is 4.34. The van der Waals surface area contributed by atoms with Crippen LogP contribution in [0.5, 0.6) is 0 Å². The summed E-state index contributed by atoms with van der Waals surface area (Å²) in [6, 6.07) is 0.216. The van der Waals surface area contributed by atoms with Crippen molar-refractivity contribution in [3.8, 4) is 0 Å². The molecule has 1 heterocycles. The van der Waals surface area contributed by atoms with Crippen LogP contribution in [0.25, 0.3) is 0 Å². The number of aliphatic hydroxyl groups excluding tert-OH is 1. The Labute approximate surface area is 109 Å². The van der Waals surface area contributed by atoms with Crippen LogP contribution >= 0.6 is 27.3 Å². The van der Waals surface area contributed by atoms with Crippen molar-refractivity contribution in [1.29, 1.82) is 0 Å². The summed E-state index contributed by atoms with van der Waals surface area (Å²) in [5.41, 5.74) is -0.0215. The average molecular weight is 307 g/mol. The van der Waals surface area contributed by atoms with E-state index in [-0.39, 0.29) is 18.2 Å². The molecule has 0 bridgehead atoms. The number of nitrogens with zero attached hydrogens (tertiary/aromatic N) is 1. The molecular formula is C11H19BrN2OS. The van der Waals surface area contributed by atoms with Crippen molar-refractivity contribution in [3.63, 3.8) is 0 Å². The molecule has 0 saturated carbocycles. The number of thiazole rings is 1. The lowest BCUT2D eigenvalue weighted by Crippen LogP contribution is -2.43. The van der Waals surface area contributed by atoms with Crippen molar-refractivity contribution in [2.45, 2.75) is 45.2 Å². The average Bonchev–Trinajstić information content (AvgIpc) is 2.65. The monoisotopic (exact) mass is 306 g/mol. The summed E-state index contributed by atoms with van der Waals surface area (Å²) in [6.45, 7) is 6.59. The molecule has 92 valence electrons. The molecule has 0 aliphatic carbocycles. The second kappa shape index (κ2) is 6.10. The van der Waals surface area contributed by atoms with Gasteiger partial charge in [0.2, 0.25) is 0 Å². The molecule has 2 N–H and O–H groups in total. The first-order valence-corrected chi connectivity index (χ1v) is 7.11. The SMILES string of the molecule is CCC(C)(CCO)NC(C)c1ncc(Br)s1. The van der Waals surface area contributed by atoms with E-state index in [4.69, 9.17) is 5.11 Å². The zero-order chi connectivity index (χ0) is 12.2. The van der Waals surface area contributed by atoms with Gasteiger partial charge in [0.15, 0.2) is 0 Å². The Kier molecular flexibility index (Phi) is 5.37. The van der Waals surface area contributed by atoms with Gasteiger partial charge < -0.3 is 10.4 Å². The normalized spacial score (nSPS) is 17.1. The predicted molar refractivity (Wildman–Crippen MR) is 71.8 cm³/mol. The van der Waals surface area contributed by atoms with Crippen LogP contribution < -0.4 is 5.32 Å². The Balaban J connectivity index is 2.65. The van der Waals surface area contributed by atoms with E-state index < -0.39 is 0 Å². The molecule has 1 aromatic heterocycles. The third kappa shape index (κ3) is 3.80. The van der Waals surface area contributed by atoms with Gasteiger partial charge in [-0.05, 0) is 42.6 Å². The fraction of sp³-hybridized carbons (Fsp3) is 0.727. The highest BCUT2D eigenvalue weighted by molar-refractivity contribution is 9.11. The first kappa shape index (κ1) is 14.1. The topological polar surface area (TPSA) is 45.1 Å². The molecule has 0 radical (unpaired) electrons. The van der Waals surface area contributed by atoms with Gasteiger partial charge in [0.1, 0.15) is 5.01 Å². The smallest absolute Gasteiger partial charge is 0.110 e. The highest BCUT2D eigenvalue weighted by Crippen LogP contribution is 2.27. The fourth-order valence-corrected chi connectivity index (χ4v) is 2.90. The molecule has 2 unspecified atom stereocenters. The third-order valence-corrected chi connectivity index (χ3v) is 4.53. The van der Waals surface area contributed by atoms with E-state index in [2.05, 4.69) is 47.0 Å². The van der Waals surface area contributed by atoms with Crippen LogP contribution in [-0.4, -0.2) is 22.2 Å². The zero-order valence-corrected chi connectivity index (χ0v) is 12.4. The van der Waals surface area contributed by atoms with Gasteiger partial charge in [-0.2, -0.15) is 0 Å². The summed E-state index contributed by atoms with van der Waals surface area (Å²) >= 11 is 5.06. The maximum atomic E-state index is 9.06. The summed E-state index contributed by atoms with van der Waals surface area (Å²) in [5, 5.41) is 13.7. The molecule has 16 heavy (non-hydrogen) atoms. The second-order valence-corrected chi connectivity index (χ2v) is 6.70. The van der Waals surface area contributed by atoms with Crippen LogP contribution in [0.1, 0.15) is 44.7 Å². The molecule has 0 aliphatic rings. The van der Waals surface area contributed by atoms with Crippen molar-refractivity contribution in [2.75, 3.05) is 6.61 Å². The highest BCUT2D eigenvalue weighted by atomic mass is 79.9. The van der Waals surface area contributed by atoms with Crippen LogP contribution in [0.3, 0.4) is 0 Å². The number of hydrogen-bond acceptors (Lipinski definition) is 4. The number of hydrogen-bond donors (Lipinski definition) is 2. The summed E-state index contributed by atoms with van der Waals surface area (Å²) < 4.78 is 1.05. The van der Waals surface area contributed by atoms with Gasteiger partial charge in [0.05, 0.1) is 16.0 Å². The van der Waals surface area contributed by atoms with Crippen molar-refractivity contribution >= 4 is 27.3 Å². The van der Waals surface area contributed by atoms with Crippen LogP contribution in [0.4, 0.5) is 0 Å². The fourth-order valence-electron chi connectivity index (χ4n) is 1.65.